The number of hydrogen-bond donors (Lipinski definition) is 1. The van der Waals surface area contributed by atoms with Crippen LogP contribution in [0.1, 0.15) is 43.2 Å². The Morgan fingerprint density at radius 2 is 1.32 bits per heavy atom. The average Bonchev–Trinajstić information content (AvgIpc) is 2.73. The average molecular weight is 602 g/mol. The predicted molar refractivity (Wildman–Crippen MR) is 121 cm³/mol. The van der Waals surface area contributed by atoms with Gasteiger partial charge < -0.3 is 5.32 Å². The van der Waals surface area contributed by atoms with Gasteiger partial charge in [0.15, 0.2) is 5.69 Å². The number of anilines is 2. The minimum Gasteiger partial charge on any atom is -0.325 e. The normalized spacial score (nSPS) is 13.1. The van der Waals surface area contributed by atoms with Gasteiger partial charge in [0.2, 0.25) is 5.95 Å². The molecule has 37 heavy (non-hydrogen) atoms. The number of aromatic nitrogens is 2. The highest BCUT2D eigenvalue weighted by Gasteiger charge is 2.40. The molecule has 0 aliphatic carbocycles. The van der Waals surface area contributed by atoms with Crippen LogP contribution >= 0.6 is 15.9 Å². The zero-order valence-electron chi connectivity index (χ0n) is 19.1. The summed E-state index contributed by atoms with van der Waals surface area (Å²) in [5, 5.41) is 1.99. The molecule has 0 aliphatic rings. The van der Waals surface area contributed by atoms with E-state index in [1.165, 1.54) is 12.1 Å². The third-order valence-electron chi connectivity index (χ3n) is 5.19. The number of benzene rings is 2. The summed E-state index contributed by atoms with van der Waals surface area (Å²) >= 11 is 2.56. The van der Waals surface area contributed by atoms with Crippen molar-refractivity contribution in [2.45, 2.75) is 44.7 Å². The zero-order chi connectivity index (χ0) is 28.1. The van der Waals surface area contributed by atoms with Gasteiger partial charge in [0.05, 0.1) is 22.5 Å². The van der Waals surface area contributed by atoms with Gasteiger partial charge in [-0.05, 0) is 57.2 Å². The zero-order valence-corrected chi connectivity index (χ0v) is 20.7. The Balaban J connectivity index is 2.29. The van der Waals surface area contributed by atoms with E-state index >= 15 is 0 Å². The first kappa shape index (κ1) is 28.5. The van der Waals surface area contributed by atoms with E-state index in [1.807, 2.05) is 26.1 Å². The van der Waals surface area contributed by atoms with Gasteiger partial charge in [0, 0.05) is 0 Å². The number of nitrogens with zero attached hydrogens (tertiary/aromatic N) is 2. The summed E-state index contributed by atoms with van der Waals surface area (Å²) in [4.78, 5) is 16.3. The van der Waals surface area contributed by atoms with Crippen LogP contribution in [0.4, 0.5) is 51.1 Å². The molecule has 2 aromatic carbocycles. The molecule has 14 heteroatoms. The van der Waals surface area contributed by atoms with Gasteiger partial charge in [0.25, 0.3) is 5.56 Å². The van der Waals surface area contributed by atoms with Crippen molar-refractivity contribution in [3.05, 3.63) is 79.7 Å². The minimum atomic E-state index is -5.33. The molecule has 0 saturated carbocycles. The lowest BCUT2D eigenvalue weighted by Gasteiger charge is -2.22. The molecule has 0 unspecified atom stereocenters. The maximum Gasteiger partial charge on any atom is 0.434 e. The minimum absolute atomic E-state index is 0.0529. The van der Waals surface area contributed by atoms with Crippen LogP contribution in [0.3, 0.4) is 0 Å². The lowest BCUT2D eigenvalue weighted by atomic mass is 9.87. The van der Waals surface area contributed by atoms with Crippen molar-refractivity contribution in [2.75, 3.05) is 5.32 Å². The van der Waals surface area contributed by atoms with Crippen LogP contribution < -0.4 is 10.9 Å². The first-order valence-corrected chi connectivity index (χ1v) is 11.1. The second-order valence-electron chi connectivity index (χ2n) is 8.91. The van der Waals surface area contributed by atoms with Gasteiger partial charge in [-0.25, -0.2) is 9.55 Å². The predicted octanol–water partition coefficient (Wildman–Crippen LogP) is 8.09. The number of hydrogen-bond acceptors (Lipinski definition) is 3. The van der Waals surface area contributed by atoms with Crippen LogP contribution in [0.15, 0.2) is 51.7 Å². The highest BCUT2D eigenvalue weighted by Crippen LogP contribution is 2.41. The second kappa shape index (κ2) is 9.37. The Bertz CT molecular complexity index is 1370. The number of alkyl halides is 9. The third kappa shape index (κ3) is 6.11. The molecule has 0 saturated heterocycles. The molecule has 0 amide bonds. The molecule has 0 aliphatic heterocycles. The molecule has 0 fully saturated rings. The van der Waals surface area contributed by atoms with E-state index < -0.39 is 57.0 Å². The fourth-order valence-corrected chi connectivity index (χ4v) is 3.80. The Hall–Kier alpha value is -3.03. The maximum absolute atomic E-state index is 13.6. The smallest absolute Gasteiger partial charge is 0.325 e. The number of rotatable bonds is 3. The molecular weight excluding hydrogens is 585 g/mol. The van der Waals surface area contributed by atoms with E-state index in [4.69, 9.17) is 0 Å². The summed E-state index contributed by atoms with van der Waals surface area (Å²) in [5.41, 5.74) is -7.14. The Kier molecular flexibility index (Phi) is 7.23. The SMILES string of the molecule is CC(C)(C)c1ccc(-n2c(Nc3ccc(C(F)(F)F)cc3C(F)(F)F)nc(C(F)(F)F)c(Br)c2=O)cc1. The van der Waals surface area contributed by atoms with Gasteiger partial charge in [0.1, 0.15) is 4.47 Å². The molecule has 1 aromatic heterocycles. The Morgan fingerprint density at radius 1 is 0.784 bits per heavy atom. The largest absolute Gasteiger partial charge is 0.434 e. The van der Waals surface area contributed by atoms with Crippen molar-refractivity contribution in [1.29, 1.82) is 0 Å². The van der Waals surface area contributed by atoms with Crippen molar-refractivity contribution < 1.29 is 39.5 Å². The van der Waals surface area contributed by atoms with Crippen LogP contribution in [-0.4, -0.2) is 9.55 Å². The van der Waals surface area contributed by atoms with Crippen molar-refractivity contribution in [3.63, 3.8) is 0 Å². The van der Waals surface area contributed by atoms with E-state index in [1.54, 1.807) is 12.1 Å². The summed E-state index contributed by atoms with van der Waals surface area (Å²) in [6, 6.07) is 6.37. The molecule has 0 bridgehead atoms. The van der Waals surface area contributed by atoms with Gasteiger partial charge in [-0.2, -0.15) is 39.5 Å². The molecule has 1 heterocycles. The lowest BCUT2D eigenvalue weighted by Crippen LogP contribution is -2.28. The lowest BCUT2D eigenvalue weighted by molar-refractivity contribution is -0.143. The highest BCUT2D eigenvalue weighted by atomic mass is 79.9. The quantitative estimate of drug-likeness (QED) is 0.309. The fourth-order valence-electron chi connectivity index (χ4n) is 3.31. The van der Waals surface area contributed by atoms with E-state index in [-0.39, 0.29) is 17.2 Å². The molecule has 1 N–H and O–H groups in total. The molecule has 3 aromatic rings. The van der Waals surface area contributed by atoms with Crippen LogP contribution in [0, 0.1) is 0 Å². The van der Waals surface area contributed by atoms with E-state index in [9.17, 15) is 44.3 Å². The summed E-state index contributed by atoms with van der Waals surface area (Å²) in [6.07, 6.45) is -15.6. The van der Waals surface area contributed by atoms with Crippen LogP contribution in [0.25, 0.3) is 5.69 Å². The topological polar surface area (TPSA) is 46.9 Å². The first-order chi connectivity index (χ1) is 16.7. The maximum atomic E-state index is 13.6. The van der Waals surface area contributed by atoms with Crippen LogP contribution in [0.2, 0.25) is 0 Å². The molecule has 0 spiro atoms. The van der Waals surface area contributed by atoms with Crippen molar-refractivity contribution in [2.24, 2.45) is 0 Å². The van der Waals surface area contributed by atoms with Crippen LogP contribution in [-0.2, 0) is 23.9 Å². The molecule has 0 atom stereocenters. The molecule has 4 nitrogen and oxygen atoms in total. The fraction of sp³-hybridized carbons (Fsp3) is 0.304. The van der Waals surface area contributed by atoms with Gasteiger partial charge in [-0.1, -0.05) is 32.9 Å². The summed E-state index contributed by atoms with van der Waals surface area (Å²) in [6.45, 7) is 5.63. The van der Waals surface area contributed by atoms with E-state index in [0.29, 0.717) is 16.7 Å². The highest BCUT2D eigenvalue weighted by molar-refractivity contribution is 9.10. The van der Waals surface area contributed by atoms with E-state index in [0.717, 1.165) is 5.56 Å². The number of nitrogens with one attached hydrogen (secondary N) is 1. The van der Waals surface area contributed by atoms with E-state index in [2.05, 4.69) is 20.9 Å². The van der Waals surface area contributed by atoms with Gasteiger partial charge in [-0.3, -0.25) is 4.79 Å². The van der Waals surface area contributed by atoms with Crippen LogP contribution in [0.5, 0.6) is 0 Å². The molecule has 0 radical (unpaired) electrons. The second-order valence-corrected chi connectivity index (χ2v) is 9.71. The third-order valence-corrected chi connectivity index (χ3v) is 5.90. The van der Waals surface area contributed by atoms with Crippen molar-refractivity contribution in [3.8, 4) is 5.69 Å². The molecule has 200 valence electrons. The van der Waals surface area contributed by atoms with Crippen molar-refractivity contribution >= 4 is 27.6 Å². The summed E-state index contributed by atoms with van der Waals surface area (Å²) in [7, 11) is 0. The van der Waals surface area contributed by atoms with Gasteiger partial charge in [-0.15, -0.1) is 0 Å². The summed E-state index contributed by atoms with van der Waals surface area (Å²) < 4.78 is 120. The monoisotopic (exact) mass is 601 g/mol. The Labute approximate surface area is 212 Å². The van der Waals surface area contributed by atoms with Gasteiger partial charge >= 0.3 is 18.5 Å². The number of halogens is 10. The summed E-state index contributed by atoms with van der Waals surface area (Å²) in [5.74, 6) is -0.991. The Morgan fingerprint density at radius 3 is 1.78 bits per heavy atom. The standard InChI is InChI=1S/C23H17BrF9N3O/c1-20(2,3)11-4-7-13(8-5-11)36-18(37)16(24)17(23(31,32)33)35-19(36)34-15-9-6-12(21(25,26)27)10-14(15)22(28,29)30/h4-10H,1-3H3,(H,34,35). The first-order valence-electron chi connectivity index (χ1n) is 10.3. The molecular formula is C23H17BrF9N3O. The van der Waals surface area contributed by atoms with Crippen molar-refractivity contribution in [1.82, 2.24) is 9.55 Å². The molecule has 3 rings (SSSR count).